The van der Waals surface area contributed by atoms with Crippen LogP contribution in [0.5, 0.6) is 0 Å². The van der Waals surface area contributed by atoms with E-state index in [0.29, 0.717) is 0 Å². The Morgan fingerprint density at radius 3 is 1.30 bits per heavy atom. The smallest absolute Gasteiger partial charge is 0.0555 e. The van der Waals surface area contributed by atoms with E-state index in [9.17, 15) is 0 Å². The van der Waals surface area contributed by atoms with E-state index in [4.69, 9.17) is 0 Å². The Kier molecular flexibility index (Phi) is 8.14. The monoisotopic (exact) mass is 308 g/mol. The Hall–Kier alpha value is -2.62. The lowest BCUT2D eigenvalue weighted by Crippen LogP contribution is -1.84. The topological polar surface area (TPSA) is 51.6 Å². The predicted octanol–water partition coefficient (Wildman–Crippen LogP) is 4.18. The molecule has 0 aromatic carbocycles. The number of hydrogen-bond acceptors (Lipinski definition) is 4. The molecule has 3 rings (SSSR count). The lowest BCUT2D eigenvalue weighted by molar-refractivity contribution is 1.06. The van der Waals surface area contributed by atoms with Crippen LogP contribution in [0, 0.1) is 34.6 Å². The standard InChI is InChI=1S/C7H9N.C6H8N2.C6H7N/c1-6-4-3-5-7(2)8-6;1-5-3-8-6(2)4-7-5;1-6-4-2-3-5-7-6/h3-5H,1-2H3;3-4H,1-2H3;2-5H,1H3. The molecule has 0 aliphatic heterocycles. The highest BCUT2D eigenvalue weighted by atomic mass is 14.8. The molecule has 3 aromatic heterocycles. The molecule has 0 saturated heterocycles. The van der Waals surface area contributed by atoms with E-state index in [1.807, 2.05) is 71.0 Å². The molecule has 23 heavy (non-hydrogen) atoms. The van der Waals surface area contributed by atoms with E-state index in [2.05, 4.69) is 19.9 Å². The minimum Gasteiger partial charge on any atom is -0.262 e. The summed E-state index contributed by atoms with van der Waals surface area (Å²) in [4.78, 5) is 16.2. The zero-order chi connectivity index (χ0) is 17.1. The normalized spacial score (nSPS) is 9.09. The average Bonchev–Trinajstić information content (AvgIpc) is 2.52. The zero-order valence-electron chi connectivity index (χ0n) is 14.5. The van der Waals surface area contributed by atoms with Gasteiger partial charge in [-0.1, -0.05) is 12.1 Å². The van der Waals surface area contributed by atoms with Gasteiger partial charge in [-0.2, -0.15) is 0 Å². The van der Waals surface area contributed by atoms with Gasteiger partial charge in [0.05, 0.1) is 11.4 Å². The molecule has 3 heterocycles. The quantitative estimate of drug-likeness (QED) is 0.625. The summed E-state index contributed by atoms with van der Waals surface area (Å²) < 4.78 is 0. The first-order valence-corrected chi connectivity index (χ1v) is 7.50. The summed E-state index contributed by atoms with van der Waals surface area (Å²) in [6.45, 7) is 9.80. The van der Waals surface area contributed by atoms with E-state index < -0.39 is 0 Å². The number of pyridine rings is 2. The second kappa shape index (κ2) is 10.2. The van der Waals surface area contributed by atoms with Crippen molar-refractivity contribution in [1.29, 1.82) is 0 Å². The minimum atomic E-state index is 0.968. The molecular weight excluding hydrogens is 284 g/mol. The summed E-state index contributed by atoms with van der Waals surface area (Å²) in [5, 5.41) is 0. The third-order valence-corrected chi connectivity index (χ3v) is 2.75. The first-order chi connectivity index (χ1) is 11.0. The van der Waals surface area contributed by atoms with Crippen molar-refractivity contribution in [3.8, 4) is 0 Å². The number of aromatic nitrogens is 4. The lowest BCUT2D eigenvalue weighted by atomic mass is 10.3. The van der Waals surface area contributed by atoms with E-state index in [0.717, 1.165) is 28.5 Å². The summed E-state index contributed by atoms with van der Waals surface area (Å²) in [6.07, 6.45) is 5.31. The van der Waals surface area contributed by atoms with Crippen LogP contribution in [0.25, 0.3) is 0 Å². The third kappa shape index (κ3) is 9.09. The van der Waals surface area contributed by atoms with Crippen LogP contribution in [-0.4, -0.2) is 19.9 Å². The maximum atomic E-state index is 4.17. The fourth-order valence-corrected chi connectivity index (χ4v) is 1.58. The number of rotatable bonds is 0. The molecule has 120 valence electrons. The average molecular weight is 308 g/mol. The van der Waals surface area contributed by atoms with Gasteiger partial charge in [0.2, 0.25) is 0 Å². The SMILES string of the molecule is Cc1cccc(C)n1.Cc1ccccn1.Cc1cnc(C)cn1. The van der Waals surface area contributed by atoms with E-state index in [1.54, 1.807) is 18.6 Å². The van der Waals surface area contributed by atoms with Crippen molar-refractivity contribution < 1.29 is 0 Å². The van der Waals surface area contributed by atoms with Crippen LogP contribution in [0.15, 0.2) is 55.0 Å². The van der Waals surface area contributed by atoms with Gasteiger partial charge in [0, 0.05) is 35.7 Å². The summed E-state index contributed by atoms with van der Waals surface area (Å²) in [5.41, 5.74) is 5.18. The number of hydrogen-bond donors (Lipinski definition) is 0. The summed E-state index contributed by atoms with van der Waals surface area (Å²) in [5.74, 6) is 0. The number of aryl methyl sites for hydroxylation is 5. The largest absolute Gasteiger partial charge is 0.262 e. The number of nitrogens with zero attached hydrogens (tertiary/aromatic N) is 4. The van der Waals surface area contributed by atoms with Crippen LogP contribution in [0.1, 0.15) is 28.5 Å². The van der Waals surface area contributed by atoms with E-state index in [1.165, 1.54) is 0 Å². The molecule has 0 fully saturated rings. The maximum Gasteiger partial charge on any atom is 0.0555 e. The predicted molar refractivity (Wildman–Crippen MR) is 94.2 cm³/mol. The van der Waals surface area contributed by atoms with Crippen LogP contribution in [0.3, 0.4) is 0 Å². The van der Waals surface area contributed by atoms with E-state index in [-0.39, 0.29) is 0 Å². The Bertz CT molecular complexity index is 641. The molecule has 0 amide bonds. The van der Waals surface area contributed by atoms with Crippen LogP contribution in [-0.2, 0) is 0 Å². The van der Waals surface area contributed by atoms with Gasteiger partial charge in [-0.15, -0.1) is 0 Å². The highest BCUT2D eigenvalue weighted by molar-refractivity contribution is 5.07. The molecule has 0 unspecified atom stereocenters. The Morgan fingerprint density at radius 1 is 0.522 bits per heavy atom. The Balaban J connectivity index is 0.000000173. The first-order valence-electron chi connectivity index (χ1n) is 7.50. The Morgan fingerprint density at radius 2 is 1.04 bits per heavy atom. The highest BCUT2D eigenvalue weighted by Crippen LogP contribution is 1.93. The van der Waals surface area contributed by atoms with Gasteiger partial charge in [0.1, 0.15) is 0 Å². The lowest BCUT2D eigenvalue weighted by Gasteiger charge is -1.90. The fourth-order valence-electron chi connectivity index (χ4n) is 1.58. The molecule has 3 aromatic rings. The molecule has 0 bridgehead atoms. The van der Waals surface area contributed by atoms with Crippen LogP contribution in [0.4, 0.5) is 0 Å². The van der Waals surface area contributed by atoms with Crippen molar-refractivity contribution in [3.05, 3.63) is 83.5 Å². The molecule has 4 nitrogen and oxygen atoms in total. The molecule has 0 atom stereocenters. The van der Waals surface area contributed by atoms with Gasteiger partial charge >= 0.3 is 0 Å². The van der Waals surface area contributed by atoms with Gasteiger partial charge in [0.15, 0.2) is 0 Å². The fraction of sp³-hybridized carbons (Fsp3) is 0.263. The van der Waals surface area contributed by atoms with Crippen LogP contribution in [0.2, 0.25) is 0 Å². The molecule has 0 aliphatic carbocycles. The highest BCUT2D eigenvalue weighted by Gasteiger charge is 1.83. The van der Waals surface area contributed by atoms with Gasteiger partial charge < -0.3 is 0 Å². The van der Waals surface area contributed by atoms with Crippen molar-refractivity contribution in [2.24, 2.45) is 0 Å². The second-order valence-corrected chi connectivity index (χ2v) is 5.19. The molecule has 0 saturated carbocycles. The Labute approximate surface area is 138 Å². The zero-order valence-corrected chi connectivity index (χ0v) is 14.5. The van der Waals surface area contributed by atoms with Crippen LogP contribution < -0.4 is 0 Å². The maximum absolute atomic E-state index is 4.17. The molecule has 0 N–H and O–H groups in total. The van der Waals surface area contributed by atoms with Crippen LogP contribution >= 0.6 is 0 Å². The molecule has 0 spiro atoms. The minimum absolute atomic E-state index is 0.968. The van der Waals surface area contributed by atoms with E-state index >= 15 is 0 Å². The second-order valence-electron chi connectivity index (χ2n) is 5.19. The van der Waals surface area contributed by atoms with Gasteiger partial charge in [0.25, 0.3) is 0 Å². The first kappa shape index (κ1) is 18.4. The molecule has 4 heteroatoms. The summed E-state index contributed by atoms with van der Waals surface area (Å²) in [6, 6.07) is 11.9. The van der Waals surface area contributed by atoms with Crippen molar-refractivity contribution >= 4 is 0 Å². The third-order valence-electron chi connectivity index (χ3n) is 2.75. The van der Waals surface area contributed by atoms with Crippen molar-refractivity contribution in [2.75, 3.05) is 0 Å². The summed E-state index contributed by atoms with van der Waals surface area (Å²) >= 11 is 0. The van der Waals surface area contributed by atoms with Crippen molar-refractivity contribution in [1.82, 2.24) is 19.9 Å². The summed E-state index contributed by atoms with van der Waals surface area (Å²) in [7, 11) is 0. The van der Waals surface area contributed by atoms with Crippen molar-refractivity contribution in [2.45, 2.75) is 34.6 Å². The van der Waals surface area contributed by atoms with Gasteiger partial charge in [-0.25, -0.2) is 0 Å². The molecule has 0 radical (unpaired) electrons. The van der Waals surface area contributed by atoms with Crippen molar-refractivity contribution in [3.63, 3.8) is 0 Å². The van der Waals surface area contributed by atoms with Gasteiger partial charge in [-0.3, -0.25) is 19.9 Å². The molecule has 0 aliphatic rings. The molecular formula is C19H24N4. The van der Waals surface area contributed by atoms with Gasteiger partial charge in [-0.05, 0) is 58.9 Å².